The first-order chi connectivity index (χ1) is 11.2. The van der Waals surface area contributed by atoms with Crippen LogP contribution in [0.5, 0.6) is 0 Å². The van der Waals surface area contributed by atoms with Crippen molar-refractivity contribution in [3.8, 4) is 11.4 Å². The van der Waals surface area contributed by atoms with Gasteiger partial charge in [0.25, 0.3) is 0 Å². The van der Waals surface area contributed by atoms with Crippen molar-refractivity contribution in [3.63, 3.8) is 0 Å². The number of hydrogen-bond acceptors (Lipinski definition) is 3. The van der Waals surface area contributed by atoms with Crippen LogP contribution in [0.15, 0.2) is 23.1 Å². The Hall–Kier alpha value is -1.19. The van der Waals surface area contributed by atoms with Gasteiger partial charge >= 0.3 is 6.18 Å². The molecule has 4 nitrogen and oxygen atoms in total. The lowest BCUT2D eigenvalue weighted by Crippen LogP contribution is -2.09. The second kappa shape index (κ2) is 7.79. The van der Waals surface area contributed by atoms with Crippen LogP contribution in [0.4, 0.5) is 13.2 Å². The highest BCUT2D eigenvalue weighted by Crippen LogP contribution is 2.32. The maximum atomic E-state index is 13.0. The number of halogens is 4. The van der Waals surface area contributed by atoms with Gasteiger partial charge < -0.3 is 9.30 Å². The summed E-state index contributed by atoms with van der Waals surface area (Å²) in [5.74, 6) is 0.207. The fraction of sp³-hybridized carbons (Fsp3) is 0.467. The molecule has 9 heteroatoms. The predicted octanol–water partition coefficient (Wildman–Crippen LogP) is 4.76. The van der Waals surface area contributed by atoms with Crippen molar-refractivity contribution in [2.45, 2.75) is 39.0 Å². The molecule has 0 unspecified atom stereocenters. The predicted molar refractivity (Wildman–Crippen MR) is 91.1 cm³/mol. The summed E-state index contributed by atoms with van der Waals surface area (Å²) >= 11 is 3.25. The molecule has 2 rings (SSSR count). The van der Waals surface area contributed by atoms with Crippen LogP contribution in [-0.2, 0) is 17.6 Å². The first-order valence-corrected chi connectivity index (χ1v) is 10.8. The Morgan fingerprint density at radius 1 is 1.33 bits per heavy atom. The number of ether oxygens (including phenoxy) is 1. The topological polar surface area (TPSA) is 39.9 Å². The molecule has 0 aromatic carbocycles. The van der Waals surface area contributed by atoms with E-state index in [2.05, 4.69) is 39.0 Å². The van der Waals surface area contributed by atoms with Gasteiger partial charge in [-0.05, 0) is 40.5 Å². The van der Waals surface area contributed by atoms with Crippen LogP contribution in [-0.4, -0.2) is 29.9 Å². The molecule has 0 aliphatic carbocycles. The van der Waals surface area contributed by atoms with Crippen LogP contribution in [0.3, 0.4) is 0 Å². The van der Waals surface area contributed by atoms with Gasteiger partial charge in [0.2, 0.25) is 0 Å². The molecule has 0 bridgehead atoms. The number of pyridine rings is 1. The van der Waals surface area contributed by atoms with Crippen molar-refractivity contribution in [1.82, 2.24) is 14.5 Å². The van der Waals surface area contributed by atoms with Gasteiger partial charge in [0, 0.05) is 33.4 Å². The largest absolute Gasteiger partial charge is 0.434 e. The summed E-state index contributed by atoms with van der Waals surface area (Å²) in [7, 11) is -0.424. The number of aromatic nitrogens is 3. The van der Waals surface area contributed by atoms with Crippen LogP contribution in [0, 0.1) is 6.92 Å². The number of alkyl halides is 3. The quantitative estimate of drug-likeness (QED) is 0.384. The highest BCUT2D eigenvalue weighted by atomic mass is 79.9. The molecule has 131 valence electrons. The van der Waals surface area contributed by atoms with Crippen LogP contribution in [0.1, 0.15) is 11.3 Å². The van der Waals surface area contributed by atoms with Crippen molar-refractivity contribution >= 4 is 24.7 Å². The molecule has 2 aromatic rings. The first kappa shape index (κ1) is 19.1. The smallest absolute Gasteiger partial charge is 0.361 e. The van der Waals surface area contributed by atoms with Gasteiger partial charge in [-0.1, -0.05) is 13.1 Å². The molecule has 0 saturated carbocycles. The minimum atomic E-state index is -4.50. The monoisotopic (exact) mass is 420 g/mol. The molecular formula is C15H18BrF3N3OSi. The zero-order valence-corrected chi connectivity index (χ0v) is 16.2. The molecule has 0 amide bonds. The fourth-order valence-corrected chi connectivity index (χ4v) is 3.06. The van der Waals surface area contributed by atoms with Crippen LogP contribution < -0.4 is 0 Å². The number of rotatable bonds is 6. The van der Waals surface area contributed by atoms with Gasteiger partial charge in [-0.15, -0.1) is 0 Å². The lowest BCUT2D eigenvalue weighted by molar-refractivity contribution is -0.141. The zero-order chi connectivity index (χ0) is 17.9. The number of hydrogen-bond donors (Lipinski definition) is 0. The highest BCUT2D eigenvalue weighted by Gasteiger charge is 2.35. The summed E-state index contributed by atoms with van der Waals surface area (Å²) < 4.78 is 46.6. The van der Waals surface area contributed by atoms with Gasteiger partial charge in [-0.3, -0.25) is 0 Å². The third-order valence-corrected chi connectivity index (χ3v) is 5.00. The van der Waals surface area contributed by atoms with E-state index in [-0.39, 0.29) is 12.6 Å². The minimum absolute atomic E-state index is 0.0308. The van der Waals surface area contributed by atoms with Crippen LogP contribution >= 0.6 is 15.9 Å². The summed E-state index contributed by atoms with van der Waals surface area (Å²) in [6.07, 6.45) is -2.00. The van der Waals surface area contributed by atoms with E-state index in [0.29, 0.717) is 16.8 Å². The van der Waals surface area contributed by atoms with E-state index in [0.717, 1.165) is 17.8 Å². The van der Waals surface area contributed by atoms with E-state index in [9.17, 15) is 13.2 Å². The Bertz CT molecular complexity index is 704. The van der Waals surface area contributed by atoms with E-state index >= 15 is 0 Å². The molecule has 1 radical (unpaired) electrons. The lowest BCUT2D eigenvalue weighted by atomic mass is 10.1. The Kier molecular flexibility index (Phi) is 6.21. The van der Waals surface area contributed by atoms with Gasteiger partial charge in [-0.2, -0.15) is 13.2 Å². The standard InChI is InChI=1S/C15H18BrF3N3OSi/c1-10-6-13(16)20-7-11(10)14-21-12(15(17,18)19)8-22(14)9-23-4-5-24(2)3/h6-8H,4-5,9H2,1-3H3. The molecule has 0 spiro atoms. The molecule has 0 atom stereocenters. The molecule has 0 aliphatic rings. The average Bonchev–Trinajstić information content (AvgIpc) is 2.87. The van der Waals surface area contributed by atoms with E-state index < -0.39 is 20.7 Å². The molecule has 2 aromatic heterocycles. The van der Waals surface area contributed by atoms with Crippen LogP contribution in [0.2, 0.25) is 19.1 Å². The first-order valence-electron chi connectivity index (χ1n) is 7.32. The van der Waals surface area contributed by atoms with Crippen LogP contribution in [0.25, 0.3) is 11.4 Å². The average molecular weight is 421 g/mol. The Balaban J connectivity index is 2.32. The molecule has 0 N–H and O–H groups in total. The highest BCUT2D eigenvalue weighted by molar-refractivity contribution is 9.10. The van der Waals surface area contributed by atoms with E-state index in [1.54, 1.807) is 13.0 Å². The van der Waals surface area contributed by atoms with Crippen molar-refractivity contribution in [2.24, 2.45) is 0 Å². The third-order valence-electron chi connectivity index (χ3n) is 3.36. The lowest BCUT2D eigenvalue weighted by Gasteiger charge is -2.11. The normalized spacial score (nSPS) is 12.2. The Morgan fingerprint density at radius 2 is 2.04 bits per heavy atom. The van der Waals surface area contributed by atoms with Gasteiger partial charge in [0.05, 0.1) is 0 Å². The van der Waals surface area contributed by atoms with Crippen molar-refractivity contribution < 1.29 is 17.9 Å². The van der Waals surface area contributed by atoms with Crippen molar-refractivity contribution in [2.75, 3.05) is 6.61 Å². The molecule has 2 heterocycles. The SMILES string of the molecule is Cc1cc(Br)ncc1-c1nc(C(F)(F)F)cn1COCC[Si](C)C. The maximum Gasteiger partial charge on any atom is 0.434 e. The summed E-state index contributed by atoms with van der Waals surface area (Å²) in [5.41, 5.74) is 0.400. The number of aryl methyl sites for hydroxylation is 1. The minimum Gasteiger partial charge on any atom is -0.361 e. The number of nitrogens with zero attached hydrogens (tertiary/aromatic N) is 3. The zero-order valence-electron chi connectivity index (χ0n) is 13.6. The molecule has 0 aliphatic heterocycles. The van der Waals surface area contributed by atoms with E-state index in [1.807, 2.05) is 0 Å². The maximum absolute atomic E-state index is 13.0. The second-order valence-electron chi connectivity index (χ2n) is 5.73. The van der Waals surface area contributed by atoms with E-state index in [4.69, 9.17) is 4.74 Å². The third kappa shape index (κ3) is 4.90. The van der Waals surface area contributed by atoms with Gasteiger partial charge in [0.15, 0.2) is 5.69 Å². The Morgan fingerprint density at radius 3 is 2.62 bits per heavy atom. The Labute approximate surface area is 148 Å². The van der Waals surface area contributed by atoms with Gasteiger partial charge in [0.1, 0.15) is 17.2 Å². The summed E-state index contributed by atoms with van der Waals surface area (Å²) in [6, 6.07) is 2.69. The molecule has 0 fully saturated rings. The summed E-state index contributed by atoms with van der Waals surface area (Å²) in [6.45, 7) is 6.68. The summed E-state index contributed by atoms with van der Waals surface area (Å²) in [5, 5.41) is 0. The molecule has 24 heavy (non-hydrogen) atoms. The summed E-state index contributed by atoms with van der Waals surface area (Å²) in [4.78, 5) is 7.86. The fourth-order valence-electron chi connectivity index (χ4n) is 2.06. The molecule has 0 saturated heterocycles. The van der Waals surface area contributed by atoms with E-state index in [1.165, 1.54) is 10.8 Å². The van der Waals surface area contributed by atoms with Crippen molar-refractivity contribution in [3.05, 3.63) is 34.3 Å². The van der Waals surface area contributed by atoms with Crippen molar-refractivity contribution in [1.29, 1.82) is 0 Å². The van der Waals surface area contributed by atoms with Gasteiger partial charge in [-0.25, -0.2) is 9.97 Å². The second-order valence-corrected chi connectivity index (χ2v) is 9.46. The molecular weight excluding hydrogens is 403 g/mol. The number of imidazole rings is 1.